The zero-order chi connectivity index (χ0) is 21.3. The fourth-order valence-corrected chi connectivity index (χ4v) is 3.69. The van der Waals surface area contributed by atoms with Crippen LogP contribution in [0.5, 0.6) is 5.75 Å². The standard InChI is InChI=1S/C21H18ClN3O5/c1-29-16-8-3-2-7-14(16)23-17(26)10-25-15-11-30-20(27)18(15)19(24-21(25)28)12-5-4-6-13(22)9-12/h2-9,19H,10-11H2,1H3,(H,23,26)(H,24,28). The van der Waals surface area contributed by atoms with E-state index in [1.54, 1.807) is 48.5 Å². The summed E-state index contributed by atoms with van der Waals surface area (Å²) in [5.41, 5.74) is 1.79. The Morgan fingerprint density at radius 2 is 2.07 bits per heavy atom. The van der Waals surface area contributed by atoms with Crippen molar-refractivity contribution in [1.82, 2.24) is 10.2 Å². The minimum Gasteiger partial charge on any atom is -0.495 e. The Morgan fingerprint density at radius 3 is 2.83 bits per heavy atom. The molecular formula is C21H18ClN3O5. The number of carbonyl (C=O) groups is 3. The van der Waals surface area contributed by atoms with E-state index in [1.807, 2.05) is 0 Å². The largest absolute Gasteiger partial charge is 0.495 e. The van der Waals surface area contributed by atoms with Gasteiger partial charge >= 0.3 is 12.0 Å². The second-order valence-corrected chi connectivity index (χ2v) is 7.15. The van der Waals surface area contributed by atoms with Gasteiger partial charge in [0.05, 0.1) is 30.1 Å². The summed E-state index contributed by atoms with van der Waals surface area (Å²) in [4.78, 5) is 39.0. The molecule has 0 aliphatic carbocycles. The Hall–Kier alpha value is -3.52. The molecule has 1 atom stereocenters. The van der Waals surface area contributed by atoms with Crippen molar-refractivity contribution >= 4 is 35.2 Å². The molecule has 2 aromatic carbocycles. The number of benzene rings is 2. The number of hydrogen-bond donors (Lipinski definition) is 2. The summed E-state index contributed by atoms with van der Waals surface area (Å²) in [5.74, 6) is -0.485. The highest BCUT2D eigenvalue weighted by Crippen LogP contribution is 2.35. The lowest BCUT2D eigenvalue weighted by molar-refractivity contribution is -0.136. The maximum Gasteiger partial charge on any atom is 0.338 e. The summed E-state index contributed by atoms with van der Waals surface area (Å²) < 4.78 is 10.4. The topological polar surface area (TPSA) is 97.0 Å². The maximum atomic E-state index is 12.8. The van der Waals surface area contributed by atoms with E-state index in [4.69, 9.17) is 21.1 Å². The number of methoxy groups -OCH3 is 1. The van der Waals surface area contributed by atoms with Crippen LogP contribution in [0, 0.1) is 0 Å². The van der Waals surface area contributed by atoms with Crippen LogP contribution >= 0.6 is 11.6 Å². The average Bonchev–Trinajstić information content (AvgIpc) is 3.12. The third-order valence-electron chi connectivity index (χ3n) is 4.86. The molecule has 3 amide bonds. The number of ether oxygens (including phenoxy) is 2. The molecule has 30 heavy (non-hydrogen) atoms. The smallest absolute Gasteiger partial charge is 0.338 e. The lowest BCUT2D eigenvalue weighted by Gasteiger charge is -2.32. The van der Waals surface area contributed by atoms with Gasteiger partial charge in [-0.1, -0.05) is 35.9 Å². The molecule has 2 aromatic rings. The zero-order valence-electron chi connectivity index (χ0n) is 16.0. The first-order chi connectivity index (χ1) is 14.5. The van der Waals surface area contributed by atoms with E-state index in [9.17, 15) is 14.4 Å². The van der Waals surface area contributed by atoms with Gasteiger partial charge in [-0.25, -0.2) is 9.59 Å². The molecule has 8 nitrogen and oxygen atoms in total. The second-order valence-electron chi connectivity index (χ2n) is 6.71. The molecule has 2 heterocycles. The van der Waals surface area contributed by atoms with Crippen LogP contribution in [0.15, 0.2) is 59.8 Å². The van der Waals surface area contributed by atoms with Crippen LogP contribution in [0.2, 0.25) is 5.02 Å². The maximum absolute atomic E-state index is 12.8. The predicted octanol–water partition coefficient (Wildman–Crippen LogP) is 2.86. The van der Waals surface area contributed by atoms with Crippen molar-refractivity contribution in [2.24, 2.45) is 0 Å². The Labute approximate surface area is 177 Å². The Balaban J connectivity index is 1.60. The van der Waals surface area contributed by atoms with Gasteiger partial charge in [-0.3, -0.25) is 9.69 Å². The highest BCUT2D eigenvalue weighted by molar-refractivity contribution is 6.30. The zero-order valence-corrected chi connectivity index (χ0v) is 16.7. The number of carbonyl (C=O) groups excluding carboxylic acids is 3. The number of amides is 3. The van der Waals surface area contributed by atoms with Crippen molar-refractivity contribution in [1.29, 1.82) is 0 Å². The van der Waals surface area contributed by atoms with Gasteiger partial charge in [-0.05, 0) is 29.8 Å². The van der Waals surface area contributed by atoms with E-state index in [-0.39, 0.29) is 13.2 Å². The number of halogens is 1. The summed E-state index contributed by atoms with van der Waals surface area (Å²) in [5, 5.41) is 5.97. The number of hydrogen-bond acceptors (Lipinski definition) is 5. The van der Waals surface area contributed by atoms with E-state index in [2.05, 4.69) is 10.6 Å². The number of rotatable bonds is 5. The lowest BCUT2D eigenvalue weighted by Crippen LogP contribution is -2.49. The molecule has 0 spiro atoms. The first-order valence-electron chi connectivity index (χ1n) is 9.14. The first-order valence-corrected chi connectivity index (χ1v) is 9.52. The van der Waals surface area contributed by atoms with E-state index >= 15 is 0 Å². The molecule has 0 aromatic heterocycles. The molecule has 0 saturated heterocycles. The average molecular weight is 428 g/mol. The van der Waals surface area contributed by atoms with Crippen LogP contribution < -0.4 is 15.4 Å². The van der Waals surface area contributed by atoms with Gasteiger partial charge < -0.3 is 20.1 Å². The Kier molecular flexibility index (Phi) is 5.33. The lowest BCUT2D eigenvalue weighted by atomic mass is 9.96. The SMILES string of the molecule is COc1ccccc1NC(=O)CN1C(=O)NC(c2cccc(Cl)c2)C2=C1COC2=O. The predicted molar refractivity (Wildman–Crippen MR) is 109 cm³/mol. The number of urea groups is 1. The highest BCUT2D eigenvalue weighted by Gasteiger charge is 2.42. The van der Waals surface area contributed by atoms with Crippen molar-refractivity contribution < 1.29 is 23.9 Å². The number of nitrogens with one attached hydrogen (secondary N) is 2. The molecular weight excluding hydrogens is 410 g/mol. The van der Waals surface area contributed by atoms with Crippen molar-refractivity contribution in [2.45, 2.75) is 6.04 Å². The van der Waals surface area contributed by atoms with E-state index in [0.717, 1.165) is 0 Å². The molecule has 2 aliphatic heterocycles. The monoisotopic (exact) mass is 427 g/mol. The van der Waals surface area contributed by atoms with Gasteiger partial charge in [0, 0.05) is 5.02 Å². The van der Waals surface area contributed by atoms with E-state index in [0.29, 0.717) is 33.3 Å². The van der Waals surface area contributed by atoms with Crippen LogP contribution in [0.25, 0.3) is 0 Å². The van der Waals surface area contributed by atoms with E-state index in [1.165, 1.54) is 12.0 Å². The number of nitrogens with zero attached hydrogens (tertiary/aromatic N) is 1. The fourth-order valence-electron chi connectivity index (χ4n) is 3.50. The number of anilines is 1. The van der Waals surface area contributed by atoms with Crippen molar-refractivity contribution in [3.8, 4) is 5.75 Å². The number of para-hydroxylation sites is 2. The first kappa shape index (κ1) is 19.8. The van der Waals surface area contributed by atoms with Gasteiger partial charge in [-0.2, -0.15) is 0 Å². The number of cyclic esters (lactones) is 1. The van der Waals surface area contributed by atoms with Crippen molar-refractivity contribution in [3.05, 3.63) is 70.4 Å². The Bertz CT molecular complexity index is 1070. The van der Waals surface area contributed by atoms with E-state index < -0.39 is 23.9 Å². The quantitative estimate of drug-likeness (QED) is 0.715. The van der Waals surface area contributed by atoms with Gasteiger partial charge in [0.1, 0.15) is 18.9 Å². The van der Waals surface area contributed by atoms with Crippen LogP contribution in [-0.2, 0) is 14.3 Å². The second kappa shape index (κ2) is 8.08. The third kappa shape index (κ3) is 3.69. The number of esters is 1. The Morgan fingerprint density at radius 1 is 1.27 bits per heavy atom. The molecule has 154 valence electrons. The fraction of sp³-hybridized carbons (Fsp3) is 0.190. The normalized spacial score (nSPS) is 17.9. The molecule has 9 heteroatoms. The van der Waals surface area contributed by atoms with Crippen LogP contribution in [0.3, 0.4) is 0 Å². The van der Waals surface area contributed by atoms with Gasteiger partial charge in [0.2, 0.25) is 5.91 Å². The minimum atomic E-state index is -0.699. The summed E-state index contributed by atoms with van der Waals surface area (Å²) in [6.07, 6.45) is 0. The van der Waals surface area contributed by atoms with Gasteiger partial charge in [-0.15, -0.1) is 0 Å². The van der Waals surface area contributed by atoms with Crippen LogP contribution in [0.4, 0.5) is 10.5 Å². The minimum absolute atomic E-state index is 0.0827. The van der Waals surface area contributed by atoms with Crippen molar-refractivity contribution in [3.63, 3.8) is 0 Å². The summed E-state index contributed by atoms with van der Waals surface area (Å²) in [7, 11) is 1.50. The van der Waals surface area contributed by atoms with Crippen LogP contribution in [0.1, 0.15) is 11.6 Å². The van der Waals surface area contributed by atoms with Gasteiger partial charge in [0.15, 0.2) is 0 Å². The van der Waals surface area contributed by atoms with Gasteiger partial charge in [0.25, 0.3) is 0 Å². The molecule has 0 saturated carbocycles. The van der Waals surface area contributed by atoms with Crippen molar-refractivity contribution in [2.75, 3.05) is 25.6 Å². The molecule has 2 N–H and O–H groups in total. The molecule has 0 fully saturated rings. The molecule has 0 bridgehead atoms. The van der Waals surface area contributed by atoms with Crippen LogP contribution in [-0.4, -0.2) is 43.1 Å². The highest BCUT2D eigenvalue weighted by atomic mass is 35.5. The molecule has 2 aliphatic rings. The summed E-state index contributed by atoms with van der Waals surface area (Å²) in [6, 6.07) is 12.6. The summed E-state index contributed by atoms with van der Waals surface area (Å²) in [6.45, 7) is -0.373. The molecule has 4 rings (SSSR count). The summed E-state index contributed by atoms with van der Waals surface area (Å²) >= 11 is 6.06. The molecule has 0 radical (unpaired) electrons. The molecule has 1 unspecified atom stereocenters. The third-order valence-corrected chi connectivity index (χ3v) is 5.10.